The number of amides is 2. The summed E-state index contributed by atoms with van der Waals surface area (Å²) in [5.41, 5.74) is 1.85. The number of alkyl carbamates (subject to hydrolysis) is 1. The van der Waals surface area contributed by atoms with Gasteiger partial charge in [-0.2, -0.15) is 0 Å². The lowest BCUT2D eigenvalue weighted by Crippen LogP contribution is -2.49. The second-order valence-electron chi connectivity index (χ2n) is 11.8. The first-order chi connectivity index (χ1) is 17.4. The van der Waals surface area contributed by atoms with Gasteiger partial charge in [0, 0.05) is 6.20 Å². The molecule has 0 unspecified atom stereocenters. The van der Waals surface area contributed by atoms with E-state index in [0.717, 1.165) is 36.8 Å². The summed E-state index contributed by atoms with van der Waals surface area (Å²) < 4.78 is 11.8. The molecule has 1 aliphatic rings. The number of carbonyl (C=O) groups excluding carboxylic acids is 2. The molecular formula is C29H43N3O4Si. The van der Waals surface area contributed by atoms with E-state index >= 15 is 0 Å². The van der Waals surface area contributed by atoms with Gasteiger partial charge in [0.15, 0.2) is 8.32 Å². The molecule has 0 bridgehead atoms. The largest absolute Gasteiger partial charge is 0.445 e. The molecule has 0 spiro atoms. The van der Waals surface area contributed by atoms with Gasteiger partial charge in [-0.25, -0.2) is 9.78 Å². The molecule has 2 N–H and O–H groups in total. The molecule has 3 rings (SSSR count). The van der Waals surface area contributed by atoms with Crippen LogP contribution in [0.2, 0.25) is 18.1 Å². The Kier molecular flexibility index (Phi) is 9.90. The molecule has 1 aromatic carbocycles. The molecule has 8 heteroatoms. The molecular weight excluding hydrogens is 482 g/mol. The van der Waals surface area contributed by atoms with Crippen molar-refractivity contribution in [1.82, 2.24) is 10.3 Å². The maximum Gasteiger partial charge on any atom is 0.408 e. The second kappa shape index (κ2) is 12.7. The smallest absolute Gasteiger partial charge is 0.408 e. The van der Waals surface area contributed by atoms with E-state index < -0.39 is 20.5 Å². The molecule has 1 atom stereocenters. The van der Waals surface area contributed by atoms with Crippen molar-refractivity contribution in [3.05, 3.63) is 59.8 Å². The van der Waals surface area contributed by atoms with Crippen molar-refractivity contribution in [1.29, 1.82) is 0 Å². The van der Waals surface area contributed by atoms with Crippen molar-refractivity contribution < 1.29 is 18.8 Å². The van der Waals surface area contributed by atoms with Crippen LogP contribution in [-0.2, 0) is 27.2 Å². The van der Waals surface area contributed by atoms with Gasteiger partial charge in [0.1, 0.15) is 18.5 Å². The third-order valence-electron chi connectivity index (χ3n) is 7.78. The summed E-state index contributed by atoms with van der Waals surface area (Å²) in [6.07, 6.45) is 4.92. The lowest BCUT2D eigenvalue weighted by Gasteiger charge is -2.36. The van der Waals surface area contributed by atoms with Crippen LogP contribution in [0.4, 0.5) is 10.6 Å². The van der Waals surface area contributed by atoms with E-state index in [1.165, 1.54) is 0 Å². The highest BCUT2D eigenvalue weighted by Gasteiger charge is 2.37. The summed E-state index contributed by atoms with van der Waals surface area (Å²) in [5, 5.41) is 5.89. The van der Waals surface area contributed by atoms with Crippen LogP contribution in [0.3, 0.4) is 0 Å². The molecule has 0 aliphatic heterocycles. The predicted molar refractivity (Wildman–Crippen MR) is 150 cm³/mol. The number of aromatic nitrogens is 1. The fourth-order valence-electron chi connectivity index (χ4n) is 4.23. The van der Waals surface area contributed by atoms with Crippen molar-refractivity contribution >= 4 is 26.1 Å². The second-order valence-corrected chi connectivity index (χ2v) is 16.6. The van der Waals surface area contributed by atoms with Crippen LogP contribution in [0.5, 0.6) is 0 Å². The number of benzene rings is 1. The van der Waals surface area contributed by atoms with Crippen LogP contribution < -0.4 is 10.6 Å². The summed E-state index contributed by atoms with van der Waals surface area (Å²) >= 11 is 0. The molecule has 2 amide bonds. The zero-order valence-electron chi connectivity index (χ0n) is 23.2. The number of pyridine rings is 1. The monoisotopic (exact) mass is 525 g/mol. The van der Waals surface area contributed by atoms with E-state index in [-0.39, 0.29) is 23.5 Å². The van der Waals surface area contributed by atoms with Crippen LogP contribution in [-0.4, -0.2) is 31.3 Å². The Morgan fingerprint density at radius 1 is 1.03 bits per heavy atom. The van der Waals surface area contributed by atoms with Gasteiger partial charge in [-0.15, -0.1) is 0 Å². The van der Waals surface area contributed by atoms with Crippen LogP contribution in [0.1, 0.15) is 64.5 Å². The minimum Gasteiger partial charge on any atom is -0.445 e. The lowest BCUT2D eigenvalue weighted by molar-refractivity contribution is -0.119. The minimum absolute atomic E-state index is 0.0468. The van der Waals surface area contributed by atoms with Crippen LogP contribution in [0.25, 0.3) is 0 Å². The molecule has 0 radical (unpaired) electrons. The summed E-state index contributed by atoms with van der Waals surface area (Å²) in [4.78, 5) is 30.4. The molecule has 37 heavy (non-hydrogen) atoms. The van der Waals surface area contributed by atoms with E-state index in [9.17, 15) is 9.59 Å². The Bertz CT molecular complexity index is 1030. The highest BCUT2D eigenvalue weighted by molar-refractivity contribution is 6.74. The van der Waals surface area contributed by atoms with Crippen molar-refractivity contribution in [3.8, 4) is 0 Å². The Balaban J connectivity index is 1.66. The lowest BCUT2D eigenvalue weighted by atomic mass is 9.79. The number of nitrogens with zero attached hydrogens (tertiary/aromatic N) is 1. The highest BCUT2D eigenvalue weighted by Crippen LogP contribution is 2.37. The number of anilines is 1. The van der Waals surface area contributed by atoms with Crippen molar-refractivity contribution in [2.75, 3.05) is 5.32 Å². The Labute approximate surface area is 222 Å². The van der Waals surface area contributed by atoms with Crippen LogP contribution in [0, 0.1) is 11.8 Å². The average molecular weight is 526 g/mol. The standard InChI is InChI=1S/C29H43N3O4Si/c1-21-12-14-24(15-13-21)26(32-28(34)35-19-22-10-8-7-9-11-22)27(33)31-25-18-23(16-17-30-25)20-36-37(5,6)29(2,3)4/h7-11,16-18,21,24,26H,12-15,19-20H2,1-6H3,(H,32,34)(H,30,31,33)/t21?,24?,26-/m0/s1. The van der Waals surface area contributed by atoms with E-state index in [1.807, 2.05) is 42.5 Å². The molecule has 7 nitrogen and oxygen atoms in total. The van der Waals surface area contributed by atoms with Crippen LogP contribution in [0.15, 0.2) is 48.7 Å². The molecule has 1 aliphatic carbocycles. The van der Waals surface area contributed by atoms with Gasteiger partial charge in [-0.05, 0) is 66.1 Å². The summed E-state index contributed by atoms with van der Waals surface area (Å²) in [6.45, 7) is 13.9. The molecule has 0 saturated heterocycles. The summed E-state index contributed by atoms with van der Waals surface area (Å²) in [5.74, 6) is 0.857. The SMILES string of the molecule is CC1CCC([C@H](NC(=O)OCc2ccccc2)C(=O)Nc2cc(CO[Si](C)(C)C(C)(C)C)ccn2)CC1. The molecule has 1 fully saturated rings. The Hall–Kier alpha value is -2.71. The van der Waals surface area contributed by atoms with Gasteiger partial charge in [0.25, 0.3) is 0 Å². The molecule has 1 heterocycles. The minimum atomic E-state index is -1.90. The number of hydrogen-bond acceptors (Lipinski definition) is 5. The normalized spacial score (nSPS) is 19.1. The fraction of sp³-hybridized carbons (Fsp3) is 0.552. The Morgan fingerprint density at radius 2 is 1.70 bits per heavy atom. The van der Waals surface area contributed by atoms with Gasteiger partial charge in [-0.1, -0.05) is 70.9 Å². The third kappa shape index (κ3) is 8.67. The zero-order chi connectivity index (χ0) is 27.1. The average Bonchev–Trinajstić information content (AvgIpc) is 2.85. The van der Waals surface area contributed by atoms with Crippen molar-refractivity contribution in [2.45, 2.75) is 90.8 Å². The topological polar surface area (TPSA) is 89.5 Å². The van der Waals surface area contributed by atoms with Crippen LogP contribution >= 0.6 is 0 Å². The first kappa shape index (κ1) is 28.9. The zero-order valence-corrected chi connectivity index (χ0v) is 24.2. The van der Waals surface area contributed by atoms with Crippen molar-refractivity contribution in [2.24, 2.45) is 11.8 Å². The van der Waals surface area contributed by atoms with Gasteiger partial charge >= 0.3 is 6.09 Å². The first-order valence-corrected chi connectivity index (χ1v) is 16.2. The number of hydrogen-bond donors (Lipinski definition) is 2. The predicted octanol–water partition coefficient (Wildman–Crippen LogP) is 6.66. The van der Waals surface area contributed by atoms with E-state index in [4.69, 9.17) is 9.16 Å². The quantitative estimate of drug-likeness (QED) is 0.357. The molecule has 2 aromatic rings. The maximum atomic E-state index is 13.4. The molecule has 202 valence electrons. The fourth-order valence-corrected chi connectivity index (χ4v) is 5.19. The Morgan fingerprint density at radius 3 is 2.35 bits per heavy atom. The number of carbonyl (C=O) groups is 2. The maximum absolute atomic E-state index is 13.4. The highest BCUT2D eigenvalue weighted by atomic mass is 28.4. The molecule has 1 saturated carbocycles. The van der Waals surface area contributed by atoms with E-state index in [0.29, 0.717) is 18.3 Å². The number of rotatable bonds is 9. The van der Waals surface area contributed by atoms with E-state index in [1.54, 1.807) is 6.20 Å². The number of ether oxygens (including phenoxy) is 1. The van der Waals surface area contributed by atoms with Gasteiger partial charge < -0.3 is 19.8 Å². The van der Waals surface area contributed by atoms with Gasteiger partial charge in [0.2, 0.25) is 5.91 Å². The summed E-state index contributed by atoms with van der Waals surface area (Å²) in [6, 6.07) is 12.6. The van der Waals surface area contributed by atoms with Gasteiger partial charge in [-0.3, -0.25) is 4.79 Å². The first-order valence-electron chi connectivity index (χ1n) is 13.3. The van der Waals surface area contributed by atoms with E-state index in [2.05, 4.69) is 56.4 Å². The summed E-state index contributed by atoms with van der Waals surface area (Å²) in [7, 11) is -1.90. The number of nitrogens with one attached hydrogen (secondary N) is 2. The third-order valence-corrected chi connectivity index (χ3v) is 12.3. The van der Waals surface area contributed by atoms with Crippen molar-refractivity contribution in [3.63, 3.8) is 0 Å². The van der Waals surface area contributed by atoms with Gasteiger partial charge in [0.05, 0.1) is 6.61 Å². The molecule has 1 aromatic heterocycles.